The summed E-state index contributed by atoms with van der Waals surface area (Å²) in [6, 6.07) is 15.1. The SMILES string of the molecule is CC(C)CN(C[C@@H](O)[C@H](Cc1ccccc1)NC(=O)[C@@H](NC(=O)CNCc1cc(F)cc(F)c1)C(C)C)S(=O)(=O)c1ccc2c(c1)CCO2. The highest BCUT2D eigenvalue weighted by atomic mass is 32.2. The van der Waals surface area contributed by atoms with Crippen LogP contribution in [0.5, 0.6) is 5.75 Å². The van der Waals surface area contributed by atoms with Gasteiger partial charge >= 0.3 is 0 Å². The first kappa shape index (κ1) is 37.9. The van der Waals surface area contributed by atoms with Crippen LogP contribution in [-0.4, -0.2) is 74.1 Å². The highest BCUT2D eigenvalue weighted by Crippen LogP contribution is 2.29. The van der Waals surface area contributed by atoms with Crippen LogP contribution < -0.4 is 20.7 Å². The average molecular weight is 701 g/mol. The Bertz CT molecular complexity index is 1670. The van der Waals surface area contributed by atoms with Crippen molar-refractivity contribution in [3.63, 3.8) is 0 Å². The maximum Gasteiger partial charge on any atom is 0.243 e. The number of sulfonamides is 1. The van der Waals surface area contributed by atoms with Crippen molar-refractivity contribution in [3.8, 4) is 5.75 Å². The number of amides is 2. The first-order valence-corrected chi connectivity index (χ1v) is 17.9. The van der Waals surface area contributed by atoms with Crippen LogP contribution in [0.4, 0.5) is 8.78 Å². The van der Waals surface area contributed by atoms with Crippen molar-refractivity contribution >= 4 is 21.8 Å². The number of benzene rings is 3. The van der Waals surface area contributed by atoms with E-state index >= 15 is 0 Å². The van der Waals surface area contributed by atoms with Crippen molar-refractivity contribution in [3.05, 3.63) is 95.1 Å². The standard InChI is InChI=1S/C36H46F2N4O6S/c1-23(2)21-42(49(46,47)30-10-11-33-27(17-30)12-13-48-33)22-32(43)31(16-25-8-6-5-7-9-25)40-36(45)35(24(3)4)41-34(44)20-39-19-26-14-28(37)18-29(38)15-26/h5-11,14-15,17-18,23-24,31-32,35,39,43H,12-13,16,19-22H2,1-4H3,(H,40,45)(H,41,44)/t31-,32+,35-/m0/s1. The number of hydrogen-bond donors (Lipinski definition) is 4. The van der Waals surface area contributed by atoms with Crippen molar-refractivity contribution in [1.82, 2.24) is 20.3 Å². The van der Waals surface area contributed by atoms with Crippen molar-refractivity contribution in [2.24, 2.45) is 11.8 Å². The van der Waals surface area contributed by atoms with E-state index in [4.69, 9.17) is 4.74 Å². The van der Waals surface area contributed by atoms with Crippen LogP contribution in [0.2, 0.25) is 0 Å². The molecule has 3 aromatic carbocycles. The summed E-state index contributed by atoms with van der Waals surface area (Å²) in [6.45, 7) is 7.43. The highest BCUT2D eigenvalue weighted by Gasteiger charge is 2.34. The third-order valence-corrected chi connectivity index (χ3v) is 9.98. The molecule has 10 nitrogen and oxygen atoms in total. The minimum Gasteiger partial charge on any atom is -0.493 e. The van der Waals surface area contributed by atoms with Crippen LogP contribution in [0.1, 0.15) is 44.4 Å². The molecule has 1 aliphatic heterocycles. The molecule has 3 aromatic rings. The number of aliphatic hydroxyl groups excluding tert-OH is 1. The molecule has 0 unspecified atom stereocenters. The fourth-order valence-corrected chi connectivity index (χ4v) is 7.38. The van der Waals surface area contributed by atoms with Gasteiger partial charge in [0.15, 0.2) is 0 Å². The second-order valence-electron chi connectivity index (χ2n) is 13.1. The number of hydrogen-bond acceptors (Lipinski definition) is 7. The van der Waals surface area contributed by atoms with Crippen molar-refractivity contribution in [2.75, 3.05) is 26.2 Å². The van der Waals surface area contributed by atoms with Crippen LogP contribution in [-0.2, 0) is 39.0 Å². The highest BCUT2D eigenvalue weighted by molar-refractivity contribution is 7.89. The third kappa shape index (κ3) is 10.8. The van der Waals surface area contributed by atoms with Gasteiger partial charge in [-0.25, -0.2) is 17.2 Å². The molecule has 49 heavy (non-hydrogen) atoms. The second-order valence-corrected chi connectivity index (χ2v) is 15.1. The van der Waals surface area contributed by atoms with Gasteiger partial charge in [0.1, 0.15) is 23.4 Å². The molecule has 0 saturated carbocycles. The minimum absolute atomic E-state index is 0.0288. The maximum absolute atomic E-state index is 13.9. The molecule has 4 rings (SSSR count). The molecule has 0 saturated heterocycles. The Kier molecular flexibility index (Phi) is 13.3. The van der Waals surface area contributed by atoms with Crippen LogP contribution in [0.15, 0.2) is 71.6 Å². The lowest BCUT2D eigenvalue weighted by Gasteiger charge is -2.32. The Hall–Kier alpha value is -3.91. The van der Waals surface area contributed by atoms with Gasteiger partial charge in [0, 0.05) is 32.1 Å². The number of carbonyl (C=O) groups is 2. The number of ether oxygens (including phenoxy) is 1. The van der Waals surface area contributed by atoms with E-state index in [0.29, 0.717) is 24.3 Å². The van der Waals surface area contributed by atoms with E-state index in [2.05, 4.69) is 16.0 Å². The Morgan fingerprint density at radius 1 is 0.918 bits per heavy atom. The van der Waals surface area contributed by atoms with E-state index in [1.165, 1.54) is 10.4 Å². The lowest BCUT2D eigenvalue weighted by atomic mass is 9.98. The van der Waals surface area contributed by atoms with Crippen LogP contribution in [0, 0.1) is 23.5 Å². The lowest BCUT2D eigenvalue weighted by molar-refractivity contribution is -0.130. The summed E-state index contributed by atoms with van der Waals surface area (Å²) in [5, 5.41) is 20.1. The van der Waals surface area contributed by atoms with Gasteiger partial charge in [0.05, 0.1) is 30.2 Å². The zero-order chi connectivity index (χ0) is 35.7. The van der Waals surface area contributed by atoms with Crippen molar-refractivity contribution < 1.29 is 36.6 Å². The fourth-order valence-electron chi connectivity index (χ4n) is 5.70. The molecular weight excluding hydrogens is 654 g/mol. The molecule has 1 heterocycles. The van der Waals surface area contributed by atoms with Gasteiger partial charge in [0.25, 0.3) is 0 Å². The summed E-state index contributed by atoms with van der Waals surface area (Å²) in [4.78, 5) is 26.6. The lowest BCUT2D eigenvalue weighted by Crippen LogP contribution is -2.57. The molecule has 2 amide bonds. The number of nitrogens with one attached hydrogen (secondary N) is 3. The van der Waals surface area contributed by atoms with E-state index in [-0.39, 0.29) is 49.3 Å². The normalized spacial score (nSPS) is 14.7. The third-order valence-electron chi connectivity index (χ3n) is 8.15. The number of nitrogens with zero attached hydrogens (tertiary/aromatic N) is 1. The molecule has 0 bridgehead atoms. The average Bonchev–Trinajstić information content (AvgIpc) is 3.51. The van der Waals surface area contributed by atoms with Crippen LogP contribution in [0.3, 0.4) is 0 Å². The monoisotopic (exact) mass is 700 g/mol. The van der Waals surface area contributed by atoms with E-state index in [9.17, 15) is 31.9 Å². The smallest absolute Gasteiger partial charge is 0.243 e. The van der Waals surface area contributed by atoms with Gasteiger partial charge in [-0.05, 0) is 65.3 Å². The molecule has 4 N–H and O–H groups in total. The number of carbonyl (C=O) groups excluding carboxylic acids is 2. The summed E-state index contributed by atoms with van der Waals surface area (Å²) in [7, 11) is -4.03. The molecule has 0 aromatic heterocycles. The summed E-state index contributed by atoms with van der Waals surface area (Å²) in [6.07, 6.45) is -0.510. The predicted octanol–water partition coefficient (Wildman–Crippen LogP) is 3.57. The van der Waals surface area contributed by atoms with E-state index in [1.807, 2.05) is 44.2 Å². The number of halogens is 2. The molecule has 3 atom stereocenters. The minimum atomic E-state index is -4.03. The molecule has 266 valence electrons. The van der Waals surface area contributed by atoms with Gasteiger partial charge in [-0.1, -0.05) is 58.0 Å². The molecule has 0 spiro atoms. The molecular formula is C36H46F2N4O6S. The summed E-state index contributed by atoms with van der Waals surface area (Å²) < 4.78 is 61.7. The maximum atomic E-state index is 13.9. The summed E-state index contributed by atoms with van der Waals surface area (Å²) in [5.74, 6) is -2.27. The first-order valence-electron chi connectivity index (χ1n) is 16.5. The Morgan fingerprint density at radius 3 is 2.27 bits per heavy atom. The molecule has 13 heteroatoms. The Balaban J connectivity index is 1.49. The second kappa shape index (κ2) is 17.1. The number of fused-ring (bicyclic) bond motifs is 1. The molecule has 1 aliphatic rings. The summed E-state index contributed by atoms with van der Waals surface area (Å²) in [5.41, 5.74) is 1.94. The van der Waals surface area contributed by atoms with Crippen LogP contribution >= 0.6 is 0 Å². The fraction of sp³-hybridized carbons (Fsp3) is 0.444. The Morgan fingerprint density at radius 2 is 1.61 bits per heavy atom. The van der Waals surface area contributed by atoms with E-state index < -0.39 is 51.7 Å². The van der Waals surface area contributed by atoms with Gasteiger partial charge in [-0.3, -0.25) is 9.59 Å². The van der Waals surface area contributed by atoms with E-state index in [1.54, 1.807) is 26.0 Å². The predicted molar refractivity (Wildman–Crippen MR) is 182 cm³/mol. The largest absolute Gasteiger partial charge is 0.493 e. The molecule has 0 radical (unpaired) electrons. The zero-order valence-corrected chi connectivity index (χ0v) is 29.1. The van der Waals surface area contributed by atoms with Gasteiger partial charge in [-0.2, -0.15) is 4.31 Å². The van der Waals surface area contributed by atoms with Gasteiger partial charge in [-0.15, -0.1) is 0 Å². The van der Waals surface area contributed by atoms with Crippen molar-refractivity contribution in [1.29, 1.82) is 0 Å². The Labute approximate surface area is 287 Å². The van der Waals surface area contributed by atoms with Crippen LogP contribution in [0.25, 0.3) is 0 Å². The van der Waals surface area contributed by atoms with Crippen molar-refractivity contribution in [2.45, 2.75) is 70.2 Å². The van der Waals surface area contributed by atoms with Gasteiger partial charge < -0.3 is 25.8 Å². The quantitative estimate of drug-likeness (QED) is 0.169. The van der Waals surface area contributed by atoms with Gasteiger partial charge in [0.2, 0.25) is 21.8 Å². The number of rotatable bonds is 17. The number of aliphatic hydroxyl groups is 1. The topological polar surface area (TPSA) is 137 Å². The first-order chi connectivity index (χ1) is 23.2. The molecule has 0 fully saturated rings. The van der Waals surface area contributed by atoms with E-state index in [0.717, 1.165) is 29.3 Å². The summed E-state index contributed by atoms with van der Waals surface area (Å²) >= 11 is 0. The molecule has 0 aliphatic carbocycles. The zero-order valence-electron chi connectivity index (χ0n) is 28.3.